The number of nitrogens with zero attached hydrogens (tertiary/aromatic N) is 4. The summed E-state index contributed by atoms with van der Waals surface area (Å²) in [6.45, 7) is 4.87. The Bertz CT molecular complexity index is 1030. The van der Waals surface area contributed by atoms with Crippen molar-refractivity contribution < 1.29 is 14.3 Å². The maximum absolute atomic E-state index is 12.8. The van der Waals surface area contributed by atoms with Gasteiger partial charge < -0.3 is 20.1 Å². The average Bonchev–Trinajstić information content (AvgIpc) is 3.26. The summed E-state index contributed by atoms with van der Waals surface area (Å²) in [6.07, 6.45) is 4.15. The molecule has 2 N–H and O–H groups in total. The summed E-state index contributed by atoms with van der Waals surface area (Å²) in [5.74, 6) is 0.463. The first kappa shape index (κ1) is 21.9. The highest BCUT2D eigenvalue weighted by molar-refractivity contribution is 5.95. The summed E-state index contributed by atoms with van der Waals surface area (Å²) < 4.78 is 13.5. The fourth-order valence-corrected chi connectivity index (χ4v) is 3.57. The van der Waals surface area contributed by atoms with Gasteiger partial charge in [0.1, 0.15) is 17.5 Å². The van der Waals surface area contributed by atoms with Gasteiger partial charge in [-0.25, -0.2) is 0 Å². The Labute approximate surface area is 187 Å². The smallest absolute Gasteiger partial charge is 0.251 e. The third kappa shape index (κ3) is 5.49. The summed E-state index contributed by atoms with van der Waals surface area (Å²) in [6, 6.07) is 11.1. The highest BCUT2D eigenvalue weighted by Crippen LogP contribution is 2.32. The van der Waals surface area contributed by atoms with Gasteiger partial charge >= 0.3 is 0 Å². The van der Waals surface area contributed by atoms with E-state index in [0.29, 0.717) is 35.7 Å². The molecule has 1 fully saturated rings. The van der Waals surface area contributed by atoms with Crippen LogP contribution >= 0.6 is 0 Å². The first-order chi connectivity index (χ1) is 15.6. The van der Waals surface area contributed by atoms with Crippen molar-refractivity contribution in [3.05, 3.63) is 60.0 Å². The highest BCUT2D eigenvalue weighted by atomic mass is 16.5. The summed E-state index contributed by atoms with van der Waals surface area (Å²) in [5.41, 5.74) is 2.69. The minimum Gasteiger partial charge on any atom is -0.484 e. The van der Waals surface area contributed by atoms with Crippen LogP contribution < -0.4 is 15.4 Å². The van der Waals surface area contributed by atoms with Crippen molar-refractivity contribution >= 4 is 5.91 Å². The molecule has 0 saturated carbocycles. The molecule has 1 aliphatic rings. The lowest BCUT2D eigenvalue weighted by Gasteiger charge is -2.23. The quantitative estimate of drug-likeness (QED) is 0.558. The van der Waals surface area contributed by atoms with Gasteiger partial charge in [-0.15, -0.1) is 5.10 Å². The molecule has 168 valence electrons. The molecule has 1 saturated heterocycles. The van der Waals surface area contributed by atoms with Gasteiger partial charge in [-0.05, 0) is 43.7 Å². The Morgan fingerprint density at radius 1 is 1.38 bits per heavy atom. The predicted molar refractivity (Wildman–Crippen MR) is 119 cm³/mol. The Balaban J connectivity index is 1.49. The molecule has 0 radical (unpaired) electrons. The molecule has 3 aromatic rings. The second-order valence-corrected chi connectivity index (χ2v) is 7.74. The van der Waals surface area contributed by atoms with Gasteiger partial charge in [-0.2, -0.15) is 0 Å². The molecule has 9 nitrogen and oxygen atoms in total. The Morgan fingerprint density at radius 3 is 3.00 bits per heavy atom. The number of rotatable bonds is 8. The number of carbonyl (C=O) groups excluding carboxylic acids is 1. The third-order valence-electron chi connectivity index (χ3n) is 5.28. The fourth-order valence-electron chi connectivity index (χ4n) is 3.57. The van der Waals surface area contributed by atoms with E-state index >= 15 is 0 Å². The van der Waals surface area contributed by atoms with Crippen LogP contribution in [0.25, 0.3) is 11.3 Å². The summed E-state index contributed by atoms with van der Waals surface area (Å²) >= 11 is 0. The summed E-state index contributed by atoms with van der Waals surface area (Å²) in [4.78, 5) is 17.1. The zero-order chi connectivity index (χ0) is 22.3. The number of morpholine rings is 1. The van der Waals surface area contributed by atoms with E-state index in [1.165, 1.54) is 0 Å². The Morgan fingerprint density at radius 2 is 2.28 bits per heavy atom. The van der Waals surface area contributed by atoms with Crippen LogP contribution in [0.3, 0.4) is 0 Å². The highest BCUT2D eigenvalue weighted by Gasteiger charge is 2.18. The number of carbonyl (C=O) groups is 1. The maximum atomic E-state index is 12.8. The van der Waals surface area contributed by atoms with E-state index in [4.69, 9.17) is 9.47 Å². The summed E-state index contributed by atoms with van der Waals surface area (Å²) in [7, 11) is 1.80. The molecule has 9 heteroatoms. The van der Waals surface area contributed by atoms with E-state index < -0.39 is 0 Å². The van der Waals surface area contributed by atoms with Crippen molar-refractivity contribution in [1.82, 2.24) is 30.6 Å². The van der Waals surface area contributed by atoms with Crippen LogP contribution in [0, 0.1) is 0 Å². The number of nitrogens with one attached hydrogen (secondary N) is 2. The van der Waals surface area contributed by atoms with Gasteiger partial charge in [0.2, 0.25) is 0 Å². The van der Waals surface area contributed by atoms with Gasteiger partial charge in [0.25, 0.3) is 5.91 Å². The van der Waals surface area contributed by atoms with Crippen molar-refractivity contribution in [2.45, 2.75) is 25.6 Å². The van der Waals surface area contributed by atoms with Crippen LogP contribution in [0.15, 0.2) is 48.8 Å². The van der Waals surface area contributed by atoms with Crippen LogP contribution in [0.4, 0.5) is 0 Å². The van der Waals surface area contributed by atoms with Crippen molar-refractivity contribution in [1.29, 1.82) is 0 Å². The Kier molecular flexibility index (Phi) is 7.08. The molecule has 1 amide bonds. The molecule has 3 heterocycles. The SMILES string of the molecule is C[C@H](Oc1ccc(C(=O)NCC[C@H]2CNCCO2)cc1-c1cn(C)nn1)c1ccccn1. The van der Waals surface area contributed by atoms with E-state index in [1.807, 2.05) is 25.1 Å². The number of benzene rings is 1. The van der Waals surface area contributed by atoms with E-state index in [0.717, 1.165) is 25.2 Å². The largest absolute Gasteiger partial charge is 0.484 e. The molecule has 0 bridgehead atoms. The normalized spacial score (nSPS) is 17.0. The van der Waals surface area contributed by atoms with Gasteiger partial charge in [0.15, 0.2) is 0 Å². The molecular formula is C23H28N6O3. The molecule has 2 aromatic heterocycles. The minimum atomic E-state index is -0.268. The van der Waals surface area contributed by atoms with Crippen LogP contribution in [-0.4, -0.2) is 58.2 Å². The molecule has 2 atom stereocenters. The molecule has 32 heavy (non-hydrogen) atoms. The predicted octanol–water partition coefficient (Wildman–Crippen LogP) is 2.13. The van der Waals surface area contributed by atoms with Gasteiger partial charge in [0.05, 0.1) is 24.6 Å². The average molecular weight is 437 g/mol. The standard InChI is InChI=1S/C23H28N6O3/c1-16(20-5-3-4-9-25-20)32-22-7-6-17(13-19(22)21-15-29(2)28-27-21)23(30)26-10-8-18-14-24-11-12-31-18/h3-7,9,13,15-16,18,24H,8,10-12,14H2,1-2H3,(H,26,30)/t16-,18-/m0/s1. The fraction of sp³-hybridized carbons (Fsp3) is 0.391. The topological polar surface area (TPSA) is 103 Å². The first-order valence-electron chi connectivity index (χ1n) is 10.8. The lowest BCUT2D eigenvalue weighted by atomic mass is 10.1. The van der Waals surface area contributed by atoms with Crippen LogP contribution in [-0.2, 0) is 11.8 Å². The lowest BCUT2D eigenvalue weighted by molar-refractivity contribution is 0.0239. The molecule has 1 aromatic carbocycles. The zero-order valence-corrected chi connectivity index (χ0v) is 18.3. The van der Waals surface area contributed by atoms with Crippen molar-refractivity contribution in [2.24, 2.45) is 7.05 Å². The molecular weight excluding hydrogens is 408 g/mol. The van der Waals surface area contributed by atoms with Gasteiger partial charge in [-0.1, -0.05) is 11.3 Å². The van der Waals surface area contributed by atoms with E-state index in [9.17, 15) is 4.79 Å². The van der Waals surface area contributed by atoms with E-state index in [2.05, 4.69) is 25.9 Å². The Hall–Kier alpha value is -3.30. The minimum absolute atomic E-state index is 0.128. The van der Waals surface area contributed by atoms with Gasteiger partial charge in [-0.3, -0.25) is 14.5 Å². The molecule has 4 rings (SSSR count). The maximum Gasteiger partial charge on any atom is 0.251 e. The van der Waals surface area contributed by atoms with Crippen molar-refractivity contribution in [2.75, 3.05) is 26.2 Å². The lowest BCUT2D eigenvalue weighted by Crippen LogP contribution is -2.40. The van der Waals surface area contributed by atoms with E-state index in [1.54, 1.807) is 42.3 Å². The number of aryl methyl sites for hydroxylation is 1. The van der Waals surface area contributed by atoms with Crippen LogP contribution in [0.1, 0.15) is 35.5 Å². The molecule has 0 spiro atoms. The second-order valence-electron chi connectivity index (χ2n) is 7.74. The van der Waals surface area contributed by atoms with Crippen molar-refractivity contribution in [3.63, 3.8) is 0 Å². The zero-order valence-electron chi connectivity index (χ0n) is 18.3. The number of hydrogen-bond donors (Lipinski definition) is 2. The number of hydrogen-bond acceptors (Lipinski definition) is 7. The summed E-state index contributed by atoms with van der Waals surface area (Å²) in [5, 5.41) is 14.5. The number of pyridine rings is 1. The molecule has 0 unspecified atom stereocenters. The van der Waals surface area contributed by atoms with Gasteiger partial charge in [0, 0.05) is 44.0 Å². The van der Waals surface area contributed by atoms with Crippen LogP contribution in [0.2, 0.25) is 0 Å². The monoisotopic (exact) mass is 436 g/mol. The van der Waals surface area contributed by atoms with Crippen LogP contribution in [0.5, 0.6) is 5.75 Å². The van der Waals surface area contributed by atoms with E-state index in [-0.39, 0.29) is 18.1 Å². The first-order valence-corrected chi connectivity index (χ1v) is 10.8. The number of aromatic nitrogens is 4. The second kappa shape index (κ2) is 10.3. The molecule has 1 aliphatic heterocycles. The third-order valence-corrected chi connectivity index (χ3v) is 5.28. The molecule has 0 aliphatic carbocycles. The number of amides is 1. The van der Waals surface area contributed by atoms with Crippen molar-refractivity contribution in [3.8, 4) is 17.0 Å². The number of ether oxygens (including phenoxy) is 2.